The maximum Gasteiger partial charge on any atom is 0.225 e. The highest BCUT2D eigenvalue weighted by Gasteiger charge is 2.21. The molecule has 1 aliphatic rings. The quantitative estimate of drug-likeness (QED) is 0.866. The number of hydrogen-bond donors (Lipinski definition) is 1. The second kappa shape index (κ2) is 6.50. The van der Waals surface area contributed by atoms with E-state index in [0.717, 1.165) is 44.7 Å². The summed E-state index contributed by atoms with van der Waals surface area (Å²) in [6.07, 6.45) is 3.55. The van der Waals surface area contributed by atoms with E-state index in [1.165, 1.54) is 0 Å². The SMILES string of the molecule is CC(CCc1ccccn1)C(=O)N1CCNCC1. The van der Waals surface area contributed by atoms with Crippen LogP contribution in [0.1, 0.15) is 19.0 Å². The molecule has 1 N–H and O–H groups in total. The van der Waals surface area contributed by atoms with Crippen LogP contribution in [0.25, 0.3) is 0 Å². The van der Waals surface area contributed by atoms with Crippen LogP contribution < -0.4 is 5.32 Å². The van der Waals surface area contributed by atoms with Crippen molar-refractivity contribution in [3.63, 3.8) is 0 Å². The van der Waals surface area contributed by atoms with Crippen molar-refractivity contribution in [2.24, 2.45) is 5.92 Å². The number of nitrogens with zero attached hydrogens (tertiary/aromatic N) is 2. The third kappa shape index (κ3) is 3.53. The van der Waals surface area contributed by atoms with Crippen LogP contribution in [-0.2, 0) is 11.2 Å². The zero-order chi connectivity index (χ0) is 12.8. The lowest BCUT2D eigenvalue weighted by atomic mass is 10.0. The Bertz CT molecular complexity index is 374. The number of rotatable bonds is 4. The first-order valence-corrected chi connectivity index (χ1v) is 6.67. The lowest BCUT2D eigenvalue weighted by Crippen LogP contribution is -2.48. The molecule has 0 bridgehead atoms. The molecule has 0 aromatic carbocycles. The molecule has 0 aliphatic carbocycles. The minimum Gasteiger partial charge on any atom is -0.340 e. The van der Waals surface area contributed by atoms with Crippen LogP contribution in [-0.4, -0.2) is 42.0 Å². The number of piperazine rings is 1. The fourth-order valence-electron chi connectivity index (χ4n) is 2.23. The van der Waals surface area contributed by atoms with Gasteiger partial charge in [0.15, 0.2) is 0 Å². The zero-order valence-corrected chi connectivity index (χ0v) is 10.9. The molecule has 4 heteroatoms. The van der Waals surface area contributed by atoms with Crippen LogP contribution in [0.15, 0.2) is 24.4 Å². The number of nitrogens with one attached hydrogen (secondary N) is 1. The van der Waals surface area contributed by atoms with Gasteiger partial charge in [-0.15, -0.1) is 0 Å². The molecule has 1 saturated heterocycles. The van der Waals surface area contributed by atoms with Gasteiger partial charge < -0.3 is 10.2 Å². The molecule has 0 spiro atoms. The number of carbonyl (C=O) groups is 1. The summed E-state index contributed by atoms with van der Waals surface area (Å²) < 4.78 is 0. The van der Waals surface area contributed by atoms with Gasteiger partial charge in [0.25, 0.3) is 0 Å². The summed E-state index contributed by atoms with van der Waals surface area (Å²) in [6, 6.07) is 5.92. The predicted molar refractivity (Wildman–Crippen MR) is 71.2 cm³/mol. The molecule has 1 aromatic heterocycles. The summed E-state index contributed by atoms with van der Waals surface area (Å²) in [5.74, 6) is 0.373. The van der Waals surface area contributed by atoms with Gasteiger partial charge >= 0.3 is 0 Å². The second-order valence-corrected chi connectivity index (χ2v) is 4.84. The molecule has 1 unspecified atom stereocenters. The van der Waals surface area contributed by atoms with Crippen molar-refractivity contribution in [2.75, 3.05) is 26.2 Å². The zero-order valence-electron chi connectivity index (χ0n) is 10.9. The minimum atomic E-state index is 0.0881. The van der Waals surface area contributed by atoms with E-state index >= 15 is 0 Å². The Hall–Kier alpha value is -1.42. The van der Waals surface area contributed by atoms with Crippen molar-refractivity contribution in [2.45, 2.75) is 19.8 Å². The lowest BCUT2D eigenvalue weighted by molar-refractivity contribution is -0.135. The Morgan fingerprint density at radius 2 is 2.22 bits per heavy atom. The van der Waals surface area contributed by atoms with Crippen LogP contribution in [0.5, 0.6) is 0 Å². The van der Waals surface area contributed by atoms with E-state index in [2.05, 4.69) is 10.3 Å². The van der Waals surface area contributed by atoms with Crippen LogP contribution in [0.4, 0.5) is 0 Å². The molecule has 1 aliphatic heterocycles. The van der Waals surface area contributed by atoms with E-state index in [1.54, 1.807) is 6.20 Å². The van der Waals surface area contributed by atoms with E-state index in [1.807, 2.05) is 30.0 Å². The van der Waals surface area contributed by atoms with E-state index < -0.39 is 0 Å². The van der Waals surface area contributed by atoms with Crippen molar-refractivity contribution < 1.29 is 4.79 Å². The molecule has 1 atom stereocenters. The van der Waals surface area contributed by atoms with Crippen LogP contribution in [0.3, 0.4) is 0 Å². The van der Waals surface area contributed by atoms with Gasteiger partial charge in [-0.2, -0.15) is 0 Å². The third-order valence-electron chi connectivity index (χ3n) is 3.41. The molecule has 0 saturated carbocycles. The van der Waals surface area contributed by atoms with Gasteiger partial charge in [0.2, 0.25) is 5.91 Å². The maximum atomic E-state index is 12.2. The Balaban J connectivity index is 1.80. The highest BCUT2D eigenvalue weighted by molar-refractivity contribution is 5.78. The molecule has 1 aromatic rings. The molecule has 2 rings (SSSR count). The molecule has 2 heterocycles. The van der Waals surface area contributed by atoms with Gasteiger partial charge in [0.1, 0.15) is 0 Å². The van der Waals surface area contributed by atoms with Gasteiger partial charge in [-0.1, -0.05) is 13.0 Å². The Morgan fingerprint density at radius 3 is 2.89 bits per heavy atom. The first-order chi connectivity index (χ1) is 8.77. The Morgan fingerprint density at radius 1 is 1.44 bits per heavy atom. The minimum absolute atomic E-state index is 0.0881. The third-order valence-corrected chi connectivity index (χ3v) is 3.41. The average Bonchev–Trinajstić information content (AvgIpc) is 2.46. The van der Waals surface area contributed by atoms with E-state index in [-0.39, 0.29) is 11.8 Å². The van der Waals surface area contributed by atoms with Crippen molar-refractivity contribution >= 4 is 5.91 Å². The summed E-state index contributed by atoms with van der Waals surface area (Å²) >= 11 is 0. The predicted octanol–water partition coefficient (Wildman–Crippen LogP) is 1.08. The first kappa shape index (κ1) is 13.0. The molecule has 18 heavy (non-hydrogen) atoms. The highest BCUT2D eigenvalue weighted by atomic mass is 16.2. The smallest absolute Gasteiger partial charge is 0.225 e. The molecular weight excluding hydrogens is 226 g/mol. The van der Waals surface area contributed by atoms with Crippen molar-refractivity contribution in [3.05, 3.63) is 30.1 Å². The monoisotopic (exact) mass is 247 g/mol. The standard InChI is InChI=1S/C14H21N3O/c1-12(5-6-13-4-2-3-7-16-13)14(18)17-10-8-15-9-11-17/h2-4,7,12,15H,5-6,8-11H2,1H3. The molecule has 1 amide bonds. The molecule has 4 nitrogen and oxygen atoms in total. The van der Waals surface area contributed by atoms with Crippen LogP contribution >= 0.6 is 0 Å². The maximum absolute atomic E-state index is 12.2. The summed E-state index contributed by atoms with van der Waals surface area (Å²) in [4.78, 5) is 18.5. The number of hydrogen-bond acceptors (Lipinski definition) is 3. The Kier molecular flexibility index (Phi) is 4.70. The molecule has 0 radical (unpaired) electrons. The second-order valence-electron chi connectivity index (χ2n) is 4.84. The first-order valence-electron chi connectivity index (χ1n) is 6.67. The largest absolute Gasteiger partial charge is 0.340 e. The molecular formula is C14H21N3O. The van der Waals surface area contributed by atoms with E-state index in [9.17, 15) is 4.79 Å². The van der Waals surface area contributed by atoms with Crippen molar-refractivity contribution in [3.8, 4) is 0 Å². The number of aromatic nitrogens is 1. The number of amides is 1. The van der Waals surface area contributed by atoms with Gasteiger partial charge in [0.05, 0.1) is 0 Å². The van der Waals surface area contributed by atoms with Crippen LogP contribution in [0.2, 0.25) is 0 Å². The number of pyridine rings is 1. The fraction of sp³-hybridized carbons (Fsp3) is 0.571. The van der Waals surface area contributed by atoms with Gasteiger partial charge in [0, 0.05) is 44.0 Å². The summed E-state index contributed by atoms with van der Waals surface area (Å²) in [5.41, 5.74) is 1.07. The normalized spacial score (nSPS) is 17.5. The summed E-state index contributed by atoms with van der Waals surface area (Å²) in [7, 11) is 0. The van der Waals surface area contributed by atoms with Gasteiger partial charge in [-0.25, -0.2) is 0 Å². The Labute approximate surface area is 108 Å². The summed E-state index contributed by atoms with van der Waals surface area (Å²) in [6.45, 7) is 5.53. The molecule has 98 valence electrons. The fourth-order valence-corrected chi connectivity index (χ4v) is 2.23. The van der Waals surface area contributed by atoms with Crippen LogP contribution in [0, 0.1) is 5.92 Å². The van der Waals surface area contributed by atoms with Gasteiger partial charge in [-0.3, -0.25) is 9.78 Å². The van der Waals surface area contributed by atoms with E-state index in [0.29, 0.717) is 0 Å². The van der Waals surface area contributed by atoms with Crippen molar-refractivity contribution in [1.29, 1.82) is 0 Å². The highest BCUT2D eigenvalue weighted by Crippen LogP contribution is 2.11. The van der Waals surface area contributed by atoms with E-state index in [4.69, 9.17) is 0 Å². The number of aryl methyl sites for hydroxylation is 1. The summed E-state index contributed by atoms with van der Waals surface area (Å²) in [5, 5.41) is 3.26. The van der Waals surface area contributed by atoms with Crippen molar-refractivity contribution in [1.82, 2.24) is 15.2 Å². The topological polar surface area (TPSA) is 45.2 Å². The molecule has 1 fully saturated rings. The lowest BCUT2D eigenvalue weighted by Gasteiger charge is -2.29. The number of carbonyl (C=O) groups excluding carboxylic acids is 1. The van der Waals surface area contributed by atoms with Gasteiger partial charge in [-0.05, 0) is 25.0 Å². The average molecular weight is 247 g/mol.